The molecule has 0 aromatic heterocycles. The number of benzene rings is 2. The summed E-state index contributed by atoms with van der Waals surface area (Å²) in [6, 6.07) is 10.4. The number of hydrogen-bond acceptors (Lipinski definition) is 12. The van der Waals surface area contributed by atoms with Crippen molar-refractivity contribution < 1.29 is 69.0 Å². The first kappa shape index (κ1) is 57.0. The molecule has 4 rings (SSSR count). The van der Waals surface area contributed by atoms with Crippen LogP contribution < -0.4 is 15.5 Å². The largest absolute Gasteiger partial charge is 0.481 e. The van der Waals surface area contributed by atoms with Crippen LogP contribution in [0.25, 0.3) is 0 Å². The smallest absolute Gasteiger partial charge is 0.303 e. The predicted molar refractivity (Wildman–Crippen MR) is 263 cm³/mol. The third-order valence-corrected chi connectivity index (χ3v) is 13.7. The summed E-state index contributed by atoms with van der Waals surface area (Å²) < 4.78 is 91.1. The topological polar surface area (TPSA) is 247 Å². The molecule has 2 heterocycles. The summed E-state index contributed by atoms with van der Waals surface area (Å²) in [5.74, 6) is -1.66. The number of allylic oxidation sites excluding steroid dienone is 4. The Morgan fingerprint density at radius 1 is 0.725 bits per heavy atom. The fourth-order valence-corrected chi connectivity index (χ4v) is 9.44. The van der Waals surface area contributed by atoms with Crippen molar-refractivity contribution in [3.05, 3.63) is 77.0 Å². The number of nitrogens with zero attached hydrogens (tertiary/aromatic N) is 2. The molecule has 69 heavy (non-hydrogen) atoms. The molecule has 384 valence electrons. The van der Waals surface area contributed by atoms with Crippen molar-refractivity contribution in [2.24, 2.45) is 0 Å². The number of carboxylic acid groups (broad SMARTS) is 1. The highest BCUT2D eigenvalue weighted by molar-refractivity contribution is 7.86. The van der Waals surface area contributed by atoms with Crippen molar-refractivity contribution in [2.45, 2.75) is 115 Å². The van der Waals surface area contributed by atoms with E-state index < -0.39 is 42.8 Å². The number of unbranched alkanes of at least 4 members (excludes halogenated alkanes) is 2. The quantitative estimate of drug-likeness (QED) is 0.0320. The van der Waals surface area contributed by atoms with E-state index in [1.165, 1.54) is 12.1 Å². The standard InChI is InChI=1S/C49H72N4O14S2/c1-6-25-64-27-29-66-31-32-67-30-28-65-26-22-50-45(54)15-11-16-46(55)51-36-37-18-20-41-39(34-37)48(2,3)43(53(41)24-12-33-68(58,59)60)13-10-14-44-49(4,5)40-35-38(69(61,62)63)19-21-42(40)52(44)23-9-7-8-17-47(56)57/h10,13-14,18-21,34-35H,6-9,11-12,15-17,22-33,36H2,1-5H3,(H4-,50,51,54,55,56,57,58,59,60,61,62,63)/p+1. The number of rotatable bonds is 33. The van der Waals surface area contributed by atoms with Gasteiger partial charge in [-0.2, -0.15) is 21.4 Å². The van der Waals surface area contributed by atoms with E-state index in [-0.39, 0.29) is 55.5 Å². The van der Waals surface area contributed by atoms with Crippen molar-refractivity contribution in [2.75, 3.05) is 83.1 Å². The fraction of sp³-hybridized carbons (Fsp3) is 0.592. The molecule has 0 radical (unpaired) electrons. The van der Waals surface area contributed by atoms with Gasteiger partial charge in [0.1, 0.15) is 6.54 Å². The molecule has 2 aliphatic rings. The van der Waals surface area contributed by atoms with E-state index in [1.807, 2.05) is 55.2 Å². The van der Waals surface area contributed by atoms with Gasteiger partial charge in [-0.05, 0) is 81.4 Å². The molecule has 18 nitrogen and oxygen atoms in total. The number of carbonyl (C=O) groups is 3. The van der Waals surface area contributed by atoms with Crippen LogP contribution in [0.2, 0.25) is 0 Å². The van der Waals surface area contributed by atoms with Crippen molar-refractivity contribution in [1.29, 1.82) is 0 Å². The minimum Gasteiger partial charge on any atom is -0.481 e. The number of ether oxygens (including phenoxy) is 4. The Morgan fingerprint density at radius 2 is 1.36 bits per heavy atom. The molecule has 5 N–H and O–H groups in total. The van der Waals surface area contributed by atoms with Crippen LogP contribution in [0.4, 0.5) is 11.4 Å². The molecule has 2 amide bonds. The van der Waals surface area contributed by atoms with Crippen molar-refractivity contribution >= 4 is 55.1 Å². The molecule has 20 heteroatoms. The lowest BCUT2D eigenvalue weighted by Gasteiger charge is -2.27. The van der Waals surface area contributed by atoms with E-state index in [2.05, 4.69) is 36.0 Å². The number of carbonyl (C=O) groups excluding carboxylic acids is 2. The number of carboxylic acids is 1. The summed E-state index contributed by atoms with van der Waals surface area (Å²) in [7, 11) is -8.69. The van der Waals surface area contributed by atoms with Gasteiger partial charge >= 0.3 is 5.97 Å². The molecule has 0 atom stereocenters. The van der Waals surface area contributed by atoms with Crippen LogP contribution in [0.15, 0.2) is 65.2 Å². The van der Waals surface area contributed by atoms with Crippen LogP contribution in [0.5, 0.6) is 0 Å². The zero-order chi connectivity index (χ0) is 50.7. The van der Waals surface area contributed by atoms with Crippen molar-refractivity contribution in [1.82, 2.24) is 10.6 Å². The predicted octanol–water partition coefficient (Wildman–Crippen LogP) is 5.85. The van der Waals surface area contributed by atoms with Gasteiger partial charge in [-0.3, -0.25) is 23.5 Å². The van der Waals surface area contributed by atoms with Crippen molar-refractivity contribution in [3.63, 3.8) is 0 Å². The molecule has 2 aromatic carbocycles. The SMILES string of the molecule is CCCOCCOCCOCCOCCNC(=O)CCCC(=O)NCc1ccc2c(c1)C(C)(C)C(=CC=CC1=[N+](CCCCCC(=O)O)c3ccc(S(=O)(=O)O)cc3C1(C)C)N2CCCS(=O)(=O)O. The second kappa shape index (κ2) is 27.2. The van der Waals surface area contributed by atoms with Gasteiger partial charge in [0, 0.05) is 86.4 Å². The van der Waals surface area contributed by atoms with Gasteiger partial charge in [0.2, 0.25) is 17.5 Å². The third kappa shape index (κ3) is 18.0. The Hall–Kier alpha value is -4.54. The average Bonchev–Trinajstić information content (AvgIpc) is 3.62. The number of amides is 2. The summed E-state index contributed by atoms with van der Waals surface area (Å²) in [5, 5.41) is 14.9. The molecule has 0 saturated heterocycles. The third-order valence-electron chi connectivity index (χ3n) is 12.0. The monoisotopic (exact) mass is 1010 g/mol. The van der Waals surface area contributed by atoms with Gasteiger partial charge in [0.05, 0.1) is 62.3 Å². The zero-order valence-electron chi connectivity index (χ0n) is 40.8. The number of fused-ring (bicyclic) bond motifs is 2. The first-order chi connectivity index (χ1) is 32.7. The molecule has 2 aliphatic heterocycles. The normalized spacial score (nSPS) is 15.8. The lowest BCUT2D eigenvalue weighted by molar-refractivity contribution is -0.438. The van der Waals surface area contributed by atoms with E-state index in [1.54, 1.807) is 6.07 Å². The molecule has 0 fully saturated rings. The number of nitrogens with one attached hydrogen (secondary N) is 2. The molecular formula is C49H73N4O14S2+. The van der Waals surface area contributed by atoms with Gasteiger partial charge in [0.15, 0.2) is 5.71 Å². The molecule has 0 spiro atoms. The van der Waals surface area contributed by atoms with E-state index in [0.717, 1.165) is 46.9 Å². The van der Waals surface area contributed by atoms with Gasteiger partial charge < -0.3 is 39.6 Å². The van der Waals surface area contributed by atoms with Gasteiger partial charge in [-0.25, -0.2) is 0 Å². The van der Waals surface area contributed by atoms with Crippen LogP contribution in [-0.4, -0.2) is 137 Å². The lowest BCUT2D eigenvalue weighted by atomic mass is 9.81. The molecule has 0 unspecified atom stereocenters. The fourth-order valence-electron chi connectivity index (χ4n) is 8.44. The van der Waals surface area contributed by atoms with E-state index >= 15 is 0 Å². The number of aliphatic carboxylic acids is 1. The lowest BCUT2D eigenvalue weighted by Crippen LogP contribution is -2.29. The number of anilines is 1. The Kier molecular flexibility index (Phi) is 22.5. The maximum absolute atomic E-state index is 12.9. The Morgan fingerprint density at radius 3 is 1.99 bits per heavy atom. The first-order valence-electron chi connectivity index (χ1n) is 23.7. The van der Waals surface area contributed by atoms with E-state index in [9.17, 15) is 40.3 Å². The Bertz CT molecular complexity index is 2380. The summed E-state index contributed by atoms with van der Waals surface area (Å²) in [6.07, 6.45) is 9.58. The average molecular weight is 1010 g/mol. The molecule has 0 aliphatic carbocycles. The van der Waals surface area contributed by atoms with Gasteiger partial charge in [-0.1, -0.05) is 39.0 Å². The second-order valence-corrected chi connectivity index (χ2v) is 21.1. The van der Waals surface area contributed by atoms with Crippen LogP contribution >= 0.6 is 0 Å². The van der Waals surface area contributed by atoms with Crippen molar-refractivity contribution in [3.8, 4) is 0 Å². The molecular weight excluding hydrogens is 933 g/mol. The zero-order valence-corrected chi connectivity index (χ0v) is 42.4. The summed E-state index contributed by atoms with van der Waals surface area (Å²) in [4.78, 5) is 38.1. The summed E-state index contributed by atoms with van der Waals surface area (Å²) in [6.45, 7) is 15.4. The summed E-state index contributed by atoms with van der Waals surface area (Å²) >= 11 is 0. The molecule has 0 saturated carbocycles. The maximum Gasteiger partial charge on any atom is 0.303 e. The molecule has 0 bridgehead atoms. The van der Waals surface area contributed by atoms with Crippen LogP contribution in [0, 0.1) is 0 Å². The van der Waals surface area contributed by atoms with Crippen LogP contribution in [-0.2, 0) is 70.9 Å². The Balaban J connectivity index is 1.37. The number of hydrogen-bond donors (Lipinski definition) is 5. The van der Waals surface area contributed by atoms with E-state index in [0.29, 0.717) is 90.6 Å². The second-order valence-electron chi connectivity index (χ2n) is 18.1. The Labute approximate surface area is 408 Å². The first-order valence-corrected chi connectivity index (χ1v) is 26.8. The highest BCUT2D eigenvalue weighted by Crippen LogP contribution is 2.48. The van der Waals surface area contributed by atoms with Gasteiger partial charge in [-0.15, -0.1) is 0 Å². The highest BCUT2D eigenvalue weighted by Gasteiger charge is 2.45. The minimum atomic E-state index is -4.47. The highest BCUT2D eigenvalue weighted by atomic mass is 32.2. The molecule has 2 aromatic rings. The van der Waals surface area contributed by atoms with Gasteiger partial charge in [0.25, 0.3) is 20.2 Å². The maximum atomic E-state index is 12.9. The summed E-state index contributed by atoms with van der Waals surface area (Å²) in [5.41, 5.74) is 4.54. The van der Waals surface area contributed by atoms with E-state index in [4.69, 9.17) is 24.1 Å². The van der Waals surface area contributed by atoms with Crippen LogP contribution in [0.3, 0.4) is 0 Å². The van der Waals surface area contributed by atoms with Crippen LogP contribution in [0.1, 0.15) is 109 Å². The minimum absolute atomic E-state index is 0.0603.